The number of ether oxygens (including phenoxy) is 1. The summed E-state index contributed by atoms with van der Waals surface area (Å²) in [6, 6.07) is 0. The summed E-state index contributed by atoms with van der Waals surface area (Å²) in [5.41, 5.74) is 4.79. The van der Waals surface area contributed by atoms with Crippen LogP contribution in [0, 0.1) is 0 Å². The van der Waals surface area contributed by atoms with Crippen LogP contribution in [0.5, 0.6) is 0 Å². The zero-order valence-corrected chi connectivity index (χ0v) is 7.80. The lowest BCUT2D eigenvalue weighted by molar-refractivity contribution is -0.325. The van der Waals surface area contributed by atoms with Gasteiger partial charge in [0, 0.05) is 0 Å². The van der Waals surface area contributed by atoms with E-state index in [1.54, 1.807) is 0 Å². The Morgan fingerprint density at radius 1 is 1.19 bits per heavy atom. The highest BCUT2D eigenvalue weighted by Gasteiger charge is 2.58. The van der Waals surface area contributed by atoms with Crippen LogP contribution in [0.2, 0.25) is 0 Å². The van der Waals surface area contributed by atoms with Crippen LogP contribution in [0.1, 0.15) is 6.92 Å². The minimum atomic E-state index is -5.62. The third-order valence-electron chi connectivity index (χ3n) is 1.47. The maximum Gasteiger partial charge on any atom is 0.423 e. The van der Waals surface area contributed by atoms with E-state index in [1.165, 1.54) is 0 Å². The molecule has 0 saturated heterocycles. The number of rotatable bonds is 3. The van der Waals surface area contributed by atoms with Gasteiger partial charge < -0.3 is 15.7 Å². The number of hydrogen-bond acceptors (Lipinski definition) is 3. The summed E-state index contributed by atoms with van der Waals surface area (Å²) in [6.45, 7) is 0.791. The van der Waals surface area contributed by atoms with E-state index in [2.05, 4.69) is 9.89 Å². The van der Waals surface area contributed by atoms with Gasteiger partial charge in [-0.15, -0.1) is 0 Å². The molecule has 96 valence electrons. The van der Waals surface area contributed by atoms with Crippen molar-refractivity contribution in [2.45, 2.75) is 31.5 Å². The zero-order chi connectivity index (χ0) is 13.1. The van der Waals surface area contributed by atoms with Gasteiger partial charge in [-0.05, 0) is 6.92 Å². The van der Waals surface area contributed by atoms with Crippen LogP contribution in [-0.4, -0.2) is 35.6 Å². The number of halogens is 6. The number of amidine groups is 1. The molecule has 0 amide bonds. The maximum absolute atomic E-state index is 12.0. The van der Waals surface area contributed by atoms with Gasteiger partial charge in [0.05, 0.1) is 0 Å². The summed E-state index contributed by atoms with van der Waals surface area (Å²) in [6.07, 6.45) is -17.0. The molecule has 0 aromatic rings. The SMILES string of the molecule is CC(OC(C(F)(F)F)C(F)(F)F)C(N)=NO. The predicted octanol–water partition coefficient (Wildman–Crippen LogP) is 1.63. The smallest absolute Gasteiger partial charge is 0.409 e. The summed E-state index contributed by atoms with van der Waals surface area (Å²) < 4.78 is 75.4. The Kier molecular flexibility index (Phi) is 4.41. The van der Waals surface area contributed by atoms with Crippen LogP contribution in [-0.2, 0) is 4.74 Å². The van der Waals surface area contributed by atoms with Gasteiger partial charge >= 0.3 is 12.4 Å². The third kappa shape index (κ3) is 4.13. The van der Waals surface area contributed by atoms with Crippen LogP contribution >= 0.6 is 0 Å². The van der Waals surface area contributed by atoms with Crippen LogP contribution in [0.25, 0.3) is 0 Å². The first kappa shape index (κ1) is 14.8. The van der Waals surface area contributed by atoms with E-state index in [-0.39, 0.29) is 0 Å². The molecule has 0 fully saturated rings. The topological polar surface area (TPSA) is 67.8 Å². The lowest BCUT2D eigenvalue weighted by atomic mass is 10.3. The summed E-state index contributed by atoms with van der Waals surface area (Å²) in [5.74, 6) is -0.890. The fourth-order valence-electron chi connectivity index (χ4n) is 0.695. The summed E-state index contributed by atoms with van der Waals surface area (Å²) in [5, 5.41) is 10.3. The van der Waals surface area contributed by atoms with Gasteiger partial charge in [-0.2, -0.15) is 26.3 Å². The van der Waals surface area contributed by atoms with E-state index in [0.717, 1.165) is 6.92 Å². The Hall–Kier alpha value is -1.19. The molecule has 1 atom stereocenters. The van der Waals surface area contributed by atoms with Crippen molar-refractivity contribution in [3.8, 4) is 0 Å². The standard InChI is InChI=1S/C6H8F6N2O2/c1-2(3(13)14-15)16-4(5(7,8)9)6(10,11)12/h2,4,15H,1H3,(H2,13,14). The summed E-state index contributed by atoms with van der Waals surface area (Å²) in [4.78, 5) is 0. The highest BCUT2D eigenvalue weighted by Crippen LogP contribution is 2.36. The molecule has 0 spiro atoms. The Balaban J connectivity index is 4.85. The number of oxime groups is 1. The molecule has 0 aliphatic carbocycles. The van der Waals surface area contributed by atoms with E-state index in [9.17, 15) is 26.3 Å². The van der Waals surface area contributed by atoms with Crippen molar-refractivity contribution < 1.29 is 36.3 Å². The molecule has 0 saturated carbocycles. The molecule has 0 heterocycles. The van der Waals surface area contributed by atoms with E-state index < -0.39 is 30.4 Å². The predicted molar refractivity (Wildman–Crippen MR) is 39.9 cm³/mol. The molecule has 0 radical (unpaired) electrons. The fraction of sp³-hybridized carbons (Fsp3) is 0.833. The van der Waals surface area contributed by atoms with Crippen molar-refractivity contribution in [3.05, 3.63) is 0 Å². The van der Waals surface area contributed by atoms with Crippen molar-refractivity contribution in [2.75, 3.05) is 0 Å². The largest absolute Gasteiger partial charge is 0.423 e. The van der Waals surface area contributed by atoms with Gasteiger partial charge in [0.25, 0.3) is 0 Å². The van der Waals surface area contributed by atoms with Crippen LogP contribution in [0.3, 0.4) is 0 Å². The highest BCUT2D eigenvalue weighted by atomic mass is 19.4. The number of nitrogens with two attached hydrogens (primary N) is 1. The normalized spacial score (nSPS) is 16.6. The second-order valence-corrected chi connectivity index (χ2v) is 2.77. The molecule has 4 nitrogen and oxygen atoms in total. The van der Waals surface area contributed by atoms with Crippen molar-refractivity contribution in [3.63, 3.8) is 0 Å². The molecule has 1 unspecified atom stereocenters. The Labute approximate surface area is 85.7 Å². The van der Waals surface area contributed by atoms with Gasteiger partial charge in [-0.25, -0.2) is 0 Å². The van der Waals surface area contributed by atoms with Gasteiger partial charge in [0.15, 0.2) is 5.84 Å². The van der Waals surface area contributed by atoms with Crippen LogP contribution < -0.4 is 5.73 Å². The molecule has 0 aliphatic rings. The average Bonchev–Trinajstić information content (AvgIpc) is 2.08. The molecule has 0 rings (SSSR count). The van der Waals surface area contributed by atoms with Gasteiger partial charge in [-0.1, -0.05) is 5.16 Å². The zero-order valence-electron chi connectivity index (χ0n) is 7.80. The quantitative estimate of drug-likeness (QED) is 0.264. The first-order chi connectivity index (χ1) is 7.00. The van der Waals surface area contributed by atoms with Crippen molar-refractivity contribution in [1.82, 2.24) is 0 Å². The van der Waals surface area contributed by atoms with E-state index in [1.807, 2.05) is 0 Å². The summed E-state index contributed by atoms with van der Waals surface area (Å²) >= 11 is 0. The Morgan fingerprint density at radius 2 is 1.56 bits per heavy atom. The number of hydrogen-bond donors (Lipinski definition) is 2. The molecule has 0 aromatic carbocycles. The lowest BCUT2D eigenvalue weighted by Crippen LogP contribution is -2.48. The van der Waals surface area contributed by atoms with Crippen molar-refractivity contribution >= 4 is 5.84 Å². The maximum atomic E-state index is 12.0. The van der Waals surface area contributed by atoms with E-state index >= 15 is 0 Å². The first-order valence-electron chi connectivity index (χ1n) is 3.76. The Morgan fingerprint density at radius 3 is 1.81 bits per heavy atom. The lowest BCUT2D eigenvalue weighted by Gasteiger charge is -2.25. The highest BCUT2D eigenvalue weighted by molar-refractivity contribution is 5.83. The van der Waals surface area contributed by atoms with Gasteiger partial charge in [0.2, 0.25) is 6.10 Å². The van der Waals surface area contributed by atoms with Crippen LogP contribution in [0.15, 0.2) is 5.16 Å². The molecule has 3 N–H and O–H groups in total. The molecule has 10 heteroatoms. The minimum Gasteiger partial charge on any atom is -0.409 e. The van der Waals surface area contributed by atoms with E-state index in [0.29, 0.717) is 0 Å². The summed E-state index contributed by atoms with van der Waals surface area (Å²) in [7, 11) is 0. The molecular formula is C6H8F6N2O2. The number of alkyl halides is 6. The monoisotopic (exact) mass is 254 g/mol. The molecule has 0 aromatic heterocycles. The fourth-order valence-corrected chi connectivity index (χ4v) is 0.695. The first-order valence-corrected chi connectivity index (χ1v) is 3.76. The average molecular weight is 254 g/mol. The van der Waals surface area contributed by atoms with E-state index in [4.69, 9.17) is 10.9 Å². The van der Waals surface area contributed by atoms with Crippen molar-refractivity contribution in [1.29, 1.82) is 0 Å². The molecule has 16 heavy (non-hydrogen) atoms. The third-order valence-corrected chi connectivity index (χ3v) is 1.47. The number of nitrogens with zero attached hydrogens (tertiary/aromatic N) is 1. The molecular weight excluding hydrogens is 246 g/mol. The minimum absolute atomic E-state index is 0.791. The molecule has 0 aliphatic heterocycles. The van der Waals surface area contributed by atoms with Gasteiger partial charge in [-0.3, -0.25) is 0 Å². The Bertz CT molecular complexity index is 247. The second-order valence-electron chi connectivity index (χ2n) is 2.77. The van der Waals surface area contributed by atoms with Gasteiger partial charge in [0.1, 0.15) is 6.10 Å². The van der Waals surface area contributed by atoms with Crippen LogP contribution in [0.4, 0.5) is 26.3 Å². The molecule has 0 bridgehead atoms. The second kappa shape index (κ2) is 4.76. The van der Waals surface area contributed by atoms with Crippen molar-refractivity contribution in [2.24, 2.45) is 10.9 Å².